The number of carbonyl (C=O) groups is 2. The SMILES string of the molecule is CCOC(=O)N1CC[NH+](CC(=O)Nc2cc(F)ccc2F)CC1. The standard InChI is InChI=1S/C15H19F2N3O3/c1-2-23-15(22)20-7-5-19(6-8-20)10-14(21)18-13-9-11(16)3-4-12(13)17/h3-4,9H,2,5-8,10H2,1H3,(H,18,21)/p+1. The van der Waals surface area contributed by atoms with Crippen LogP contribution in [0.25, 0.3) is 0 Å². The van der Waals surface area contributed by atoms with Crippen LogP contribution in [0.4, 0.5) is 19.3 Å². The highest BCUT2D eigenvalue weighted by Gasteiger charge is 2.26. The molecule has 6 nitrogen and oxygen atoms in total. The Morgan fingerprint density at radius 1 is 1.30 bits per heavy atom. The van der Waals surface area contributed by atoms with Gasteiger partial charge in [-0.25, -0.2) is 13.6 Å². The highest BCUT2D eigenvalue weighted by atomic mass is 19.1. The number of amides is 2. The number of quaternary nitrogens is 1. The maximum absolute atomic E-state index is 13.5. The summed E-state index contributed by atoms with van der Waals surface area (Å²) in [6.45, 7) is 4.39. The minimum Gasteiger partial charge on any atom is -0.450 e. The first-order valence-electron chi connectivity index (χ1n) is 7.49. The van der Waals surface area contributed by atoms with Gasteiger partial charge in [0.2, 0.25) is 0 Å². The van der Waals surface area contributed by atoms with Crippen molar-refractivity contribution in [1.82, 2.24) is 4.90 Å². The van der Waals surface area contributed by atoms with E-state index < -0.39 is 17.5 Å². The maximum atomic E-state index is 13.5. The molecule has 1 aliphatic heterocycles. The average molecular weight is 328 g/mol. The van der Waals surface area contributed by atoms with Gasteiger partial charge in [0.25, 0.3) is 5.91 Å². The molecule has 23 heavy (non-hydrogen) atoms. The van der Waals surface area contributed by atoms with Crippen LogP contribution >= 0.6 is 0 Å². The van der Waals surface area contributed by atoms with E-state index in [1.807, 2.05) is 0 Å². The van der Waals surface area contributed by atoms with Gasteiger partial charge >= 0.3 is 6.09 Å². The van der Waals surface area contributed by atoms with E-state index >= 15 is 0 Å². The first kappa shape index (κ1) is 17.1. The number of halogens is 2. The van der Waals surface area contributed by atoms with Crippen molar-refractivity contribution in [2.45, 2.75) is 6.92 Å². The lowest BCUT2D eigenvalue weighted by molar-refractivity contribution is -0.895. The Hall–Kier alpha value is -2.22. The molecule has 0 radical (unpaired) electrons. The molecule has 1 aromatic carbocycles. The smallest absolute Gasteiger partial charge is 0.410 e. The second-order valence-corrected chi connectivity index (χ2v) is 5.29. The van der Waals surface area contributed by atoms with Crippen LogP contribution < -0.4 is 10.2 Å². The second-order valence-electron chi connectivity index (χ2n) is 5.29. The summed E-state index contributed by atoms with van der Waals surface area (Å²) in [5.74, 6) is -1.69. The third-order valence-electron chi connectivity index (χ3n) is 3.61. The molecule has 2 rings (SSSR count). The molecule has 1 heterocycles. The number of nitrogens with one attached hydrogen (secondary N) is 2. The van der Waals surface area contributed by atoms with Crippen molar-refractivity contribution in [3.63, 3.8) is 0 Å². The van der Waals surface area contributed by atoms with Crippen molar-refractivity contribution in [2.24, 2.45) is 0 Å². The Balaban J connectivity index is 1.81. The van der Waals surface area contributed by atoms with Gasteiger partial charge in [0.05, 0.1) is 38.5 Å². The number of hydrogen-bond donors (Lipinski definition) is 2. The van der Waals surface area contributed by atoms with Crippen LogP contribution in [0.5, 0.6) is 0 Å². The van der Waals surface area contributed by atoms with E-state index in [1.165, 1.54) is 0 Å². The number of piperazine rings is 1. The lowest BCUT2D eigenvalue weighted by Crippen LogP contribution is -3.15. The summed E-state index contributed by atoms with van der Waals surface area (Å²) < 4.78 is 31.5. The van der Waals surface area contributed by atoms with Crippen LogP contribution in [0.15, 0.2) is 18.2 Å². The van der Waals surface area contributed by atoms with Gasteiger partial charge in [0, 0.05) is 6.07 Å². The number of hydrogen-bond acceptors (Lipinski definition) is 3. The summed E-state index contributed by atoms with van der Waals surface area (Å²) in [7, 11) is 0. The average Bonchev–Trinajstić information content (AvgIpc) is 2.52. The van der Waals surface area contributed by atoms with E-state index in [2.05, 4.69) is 5.32 Å². The van der Waals surface area contributed by atoms with E-state index in [0.29, 0.717) is 32.8 Å². The number of ether oxygens (including phenoxy) is 1. The molecule has 0 aromatic heterocycles. The van der Waals surface area contributed by atoms with Gasteiger partial charge in [-0.1, -0.05) is 0 Å². The molecule has 2 N–H and O–H groups in total. The Bertz CT molecular complexity index is 575. The van der Waals surface area contributed by atoms with Crippen LogP contribution in [-0.2, 0) is 9.53 Å². The molecule has 1 fully saturated rings. The van der Waals surface area contributed by atoms with Gasteiger partial charge in [0.1, 0.15) is 11.6 Å². The van der Waals surface area contributed by atoms with E-state index in [4.69, 9.17) is 4.74 Å². The van der Waals surface area contributed by atoms with E-state index in [-0.39, 0.29) is 18.3 Å². The lowest BCUT2D eigenvalue weighted by Gasteiger charge is -2.31. The highest BCUT2D eigenvalue weighted by Crippen LogP contribution is 2.14. The zero-order valence-corrected chi connectivity index (χ0v) is 12.9. The molecular weight excluding hydrogens is 308 g/mol. The largest absolute Gasteiger partial charge is 0.450 e. The van der Waals surface area contributed by atoms with E-state index in [1.54, 1.807) is 11.8 Å². The number of rotatable bonds is 4. The summed E-state index contributed by atoms with van der Waals surface area (Å²) in [5.41, 5.74) is -0.167. The molecule has 0 saturated carbocycles. The summed E-state index contributed by atoms with van der Waals surface area (Å²) in [6.07, 6.45) is -0.349. The van der Waals surface area contributed by atoms with Gasteiger partial charge in [-0.3, -0.25) is 9.69 Å². The summed E-state index contributed by atoms with van der Waals surface area (Å²) in [6, 6.07) is 2.90. The van der Waals surface area contributed by atoms with E-state index in [0.717, 1.165) is 23.1 Å². The summed E-state index contributed by atoms with van der Waals surface area (Å²) in [5, 5.41) is 2.37. The summed E-state index contributed by atoms with van der Waals surface area (Å²) in [4.78, 5) is 26.1. The zero-order valence-electron chi connectivity index (χ0n) is 12.9. The van der Waals surface area contributed by atoms with Crippen molar-refractivity contribution in [2.75, 3.05) is 44.6 Å². The Labute approximate surface area is 133 Å². The number of anilines is 1. The molecule has 8 heteroatoms. The van der Waals surface area contributed by atoms with Gasteiger partial charge in [-0.2, -0.15) is 0 Å². The Morgan fingerprint density at radius 3 is 2.65 bits per heavy atom. The van der Waals surface area contributed by atoms with Crippen LogP contribution in [0, 0.1) is 11.6 Å². The predicted octanol–water partition coefficient (Wildman–Crippen LogP) is 0.260. The van der Waals surface area contributed by atoms with Crippen molar-refractivity contribution >= 4 is 17.7 Å². The van der Waals surface area contributed by atoms with Gasteiger partial charge < -0.3 is 15.0 Å². The number of benzene rings is 1. The molecule has 126 valence electrons. The molecule has 1 aliphatic rings. The molecular formula is C15H20F2N3O3+. The topological polar surface area (TPSA) is 63.1 Å². The van der Waals surface area contributed by atoms with Crippen molar-refractivity contribution in [3.05, 3.63) is 29.8 Å². The minimum absolute atomic E-state index is 0.132. The summed E-state index contributed by atoms with van der Waals surface area (Å²) >= 11 is 0. The van der Waals surface area contributed by atoms with Gasteiger partial charge in [-0.05, 0) is 19.1 Å². The zero-order chi connectivity index (χ0) is 16.8. The van der Waals surface area contributed by atoms with Crippen LogP contribution in [0.2, 0.25) is 0 Å². The molecule has 0 atom stereocenters. The molecule has 0 unspecified atom stereocenters. The molecule has 0 spiro atoms. The Kier molecular flexibility index (Phi) is 5.86. The third-order valence-corrected chi connectivity index (χ3v) is 3.61. The van der Waals surface area contributed by atoms with Crippen LogP contribution in [0.1, 0.15) is 6.92 Å². The maximum Gasteiger partial charge on any atom is 0.410 e. The van der Waals surface area contributed by atoms with Gasteiger partial charge in [0.15, 0.2) is 6.54 Å². The molecule has 2 amide bonds. The van der Waals surface area contributed by atoms with Crippen molar-refractivity contribution < 1.29 is 28.0 Å². The second kappa shape index (κ2) is 7.87. The van der Waals surface area contributed by atoms with Crippen LogP contribution in [0.3, 0.4) is 0 Å². The lowest BCUT2D eigenvalue weighted by atomic mass is 10.3. The molecule has 1 aromatic rings. The minimum atomic E-state index is -0.679. The molecule has 1 saturated heterocycles. The Morgan fingerprint density at radius 2 is 2.00 bits per heavy atom. The quantitative estimate of drug-likeness (QED) is 0.833. The van der Waals surface area contributed by atoms with Crippen molar-refractivity contribution in [3.8, 4) is 0 Å². The fourth-order valence-corrected chi connectivity index (χ4v) is 2.41. The molecule has 0 bridgehead atoms. The van der Waals surface area contributed by atoms with Crippen molar-refractivity contribution in [1.29, 1.82) is 0 Å². The first-order valence-corrected chi connectivity index (χ1v) is 7.49. The van der Waals surface area contributed by atoms with E-state index in [9.17, 15) is 18.4 Å². The predicted molar refractivity (Wildman–Crippen MR) is 79.1 cm³/mol. The normalized spacial score (nSPS) is 15.3. The van der Waals surface area contributed by atoms with Crippen LogP contribution in [-0.4, -0.2) is 56.2 Å². The first-order chi connectivity index (χ1) is 11.0. The fraction of sp³-hybridized carbons (Fsp3) is 0.467. The highest BCUT2D eigenvalue weighted by molar-refractivity contribution is 5.91. The third kappa shape index (κ3) is 4.88. The molecule has 0 aliphatic carbocycles. The number of nitrogens with zero attached hydrogens (tertiary/aromatic N) is 1. The fourth-order valence-electron chi connectivity index (χ4n) is 2.41. The van der Waals surface area contributed by atoms with Gasteiger partial charge in [-0.15, -0.1) is 0 Å². The number of carbonyl (C=O) groups excluding carboxylic acids is 2. The monoisotopic (exact) mass is 328 g/mol.